The maximum Gasteiger partial charge on any atom is 1.00 e. The topological polar surface area (TPSA) is 92.4 Å². The second-order valence-corrected chi connectivity index (χ2v) is 3.96. The molecule has 0 aromatic rings. The summed E-state index contributed by atoms with van der Waals surface area (Å²) >= 11 is 4.40. The predicted molar refractivity (Wildman–Crippen MR) is 46.7 cm³/mol. The Morgan fingerprint density at radius 1 is 1.83 bits per heavy atom. The number of nitrogens with one attached hydrogen (secondary N) is 1. The van der Waals surface area contributed by atoms with E-state index in [1.54, 1.807) is 6.92 Å². The quantitative estimate of drug-likeness (QED) is 0.261. The van der Waals surface area contributed by atoms with Gasteiger partial charge in [-0.2, -0.15) is 8.42 Å². The SMILES string of the molecule is CCC(NC(N)=S)S(=O)(=O)O.[H-].[Na+]. The molecule has 1 unspecified atom stereocenters. The number of hydrogen-bond donors (Lipinski definition) is 3. The van der Waals surface area contributed by atoms with E-state index in [1.165, 1.54) is 0 Å². The van der Waals surface area contributed by atoms with Crippen molar-refractivity contribution in [3.8, 4) is 0 Å². The van der Waals surface area contributed by atoms with Crippen molar-refractivity contribution in [2.45, 2.75) is 18.7 Å². The number of rotatable bonds is 3. The van der Waals surface area contributed by atoms with Crippen LogP contribution in [0.2, 0.25) is 0 Å². The van der Waals surface area contributed by atoms with Crippen LogP contribution < -0.4 is 40.6 Å². The largest absolute Gasteiger partial charge is 1.00 e. The minimum atomic E-state index is -4.09. The second-order valence-electron chi connectivity index (χ2n) is 1.92. The first kappa shape index (κ1) is 15.1. The van der Waals surface area contributed by atoms with E-state index in [0.717, 1.165) is 0 Å². The molecule has 0 bridgehead atoms. The standard InChI is InChI=1S/C4H10N2O3S2.Na.H/c1-2-3(6-4(5)10)11(7,8)9;;/h3H,2H2,1H3,(H3,5,6,10)(H,7,8,9);;/q;+1;-1. The van der Waals surface area contributed by atoms with Crippen LogP contribution in [0.15, 0.2) is 0 Å². The van der Waals surface area contributed by atoms with Gasteiger partial charge in [0.05, 0.1) is 0 Å². The van der Waals surface area contributed by atoms with Gasteiger partial charge in [0.2, 0.25) is 0 Å². The van der Waals surface area contributed by atoms with Crippen molar-refractivity contribution >= 4 is 27.4 Å². The van der Waals surface area contributed by atoms with E-state index in [4.69, 9.17) is 10.3 Å². The van der Waals surface area contributed by atoms with Gasteiger partial charge < -0.3 is 12.5 Å². The molecule has 0 amide bonds. The molecule has 4 N–H and O–H groups in total. The molecule has 0 aromatic carbocycles. The summed E-state index contributed by atoms with van der Waals surface area (Å²) in [7, 11) is -4.09. The van der Waals surface area contributed by atoms with Crippen molar-refractivity contribution in [3.63, 3.8) is 0 Å². The van der Waals surface area contributed by atoms with Crippen LogP contribution in [0.3, 0.4) is 0 Å². The smallest absolute Gasteiger partial charge is 1.00 e. The third kappa shape index (κ3) is 6.15. The summed E-state index contributed by atoms with van der Waals surface area (Å²) in [6.07, 6.45) is 0.205. The van der Waals surface area contributed by atoms with Gasteiger partial charge in [0.25, 0.3) is 10.1 Å². The first-order valence-corrected chi connectivity index (χ1v) is 4.81. The van der Waals surface area contributed by atoms with Gasteiger partial charge in [0.15, 0.2) is 10.5 Å². The Labute approximate surface area is 101 Å². The van der Waals surface area contributed by atoms with Gasteiger partial charge in [-0.1, -0.05) is 6.92 Å². The first-order chi connectivity index (χ1) is 4.88. The van der Waals surface area contributed by atoms with E-state index >= 15 is 0 Å². The fourth-order valence-corrected chi connectivity index (χ4v) is 1.46. The average Bonchev–Trinajstić information content (AvgIpc) is 1.79. The Hall–Kier alpha value is 0.600. The van der Waals surface area contributed by atoms with Gasteiger partial charge >= 0.3 is 29.6 Å². The summed E-state index contributed by atoms with van der Waals surface area (Å²) in [4.78, 5) is 0. The van der Waals surface area contributed by atoms with Crippen LogP contribution in [0.25, 0.3) is 0 Å². The van der Waals surface area contributed by atoms with Crippen LogP contribution in [-0.4, -0.2) is 23.5 Å². The average molecular weight is 222 g/mol. The van der Waals surface area contributed by atoms with E-state index < -0.39 is 15.5 Å². The molecule has 8 heteroatoms. The molecule has 0 aliphatic heterocycles. The van der Waals surface area contributed by atoms with Gasteiger partial charge in [-0.3, -0.25) is 4.55 Å². The molecule has 0 heterocycles. The third-order valence-electron chi connectivity index (χ3n) is 1.03. The van der Waals surface area contributed by atoms with Crippen molar-refractivity contribution < 1.29 is 44.0 Å². The molecule has 0 aliphatic rings. The molecule has 0 aliphatic carbocycles. The van der Waals surface area contributed by atoms with E-state index in [0.29, 0.717) is 0 Å². The van der Waals surface area contributed by atoms with Crippen LogP contribution in [-0.2, 0) is 10.1 Å². The number of hydrogen-bond acceptors (Lipinski definition) is 3. The molecule has 0 fully saturated rings. The predicted octanol–water partition coefficient (Wildman–Crippen LogP) is -3.44. The second kappa shape index (κ2) is 6.11. The monoisotopic (exact) mass is 222 g/mol. The van der Waals surface area contributed by atoms with Gasteiger partial charge in [0.1, 0.15) is 0 Å². The van der Waals surface area contributed by atoms with E-state index in [9.17, 15) is 8.42 Å². The molecule has 0 saturated carbocycles. The summed E-state index contributed by atoms with van der Waals surface area (Å²) in [5.74, 6) is 0. The van der Waals surface area contributed by atoms with Crippen molar-refractivity contribution in [1.82, 2.24) is 5.32 Å². The zero-order chi connectivity index (χ0) is 9.07. The Bertz CT molecular complexity index is 246. The normalized spacial score (nSPS) is 12.8. The van der Waals surface area contributed by atoms with E-state index in [-0.39, 0.29) is 42.5 Å². The Balaban J connectivity index is -0.000000500. The molecular weight excluding hydrogens is 211 g/mol. The van der Waals surface area contributed by atoms with Crippen molar-refractivity contribution in [1.29, 1.82) is 0 Å². The maximum absolute atomic E-state index is 10.5. The first-order valence-electron chi connectivity index (χ1n) is 2.90. The Kier molecular flexibility index (Phi) is 7.69. The molecule has 12 heavy (non-hydrogen) atoms. The molecule has 1 atom stereocenters. The maximum atomic E-state index is 10.5. The van der Waals surface area contributed by atoms with Crippen LogP contribution >= 0.6 is 12.2 Å². The molecule has 68 valence electrons. The van der Waals surface area contributed by atoms with Crippen molar-refractivity contribution in [2.24, 2.45) is 5.73 Å². The molecular formula is C4H11N2NaO3S2. The Morgan fingerprint density at radius 2 is 2.25 bits per heavy atom. The molecule has 0 spiro atoms. The van der Waals surface area contributed by atoms with Gasteiger partial charge in [-0.15, -0.1) is 0 Å². The van der Waals surface area contributed by atoms with Crippen LogP contribution in [0.4, 0.5) is 0 Å². The number of thiocarbonyl (C=S) groups is 1. The van der Waals surface area contributed by atoms with Crippen LogP contribution in [0, 0.1) is 0 Å². The van der Waals surface area contributed by atoms with Crippen LogP contribution in [0.1, 0.15) is 14.8 Å². The minimum Gasteiger partial charge on any atom is -1.00 e. The molecule has 0 rings (SSSR count). The fourth-order valence-electron chi connectivity index (χ4n) is 0.546. The fraction of sp³-hybridized carbons (Fsp3) is 0.750. The van der Waals surface area contributed by atoms with Crippen LogP contribution in [0.5, 0.6) is 0 Å². The zero-order valence-corrected chi connectivity index (χ0v) is 10.6. The summed E-state index contributed by atoms with van der Waals surface area (Å²) in [5.41, 5.74) is 5.01. The zero-order valence-electron chi connectivity index (χ0n) is 7.94. The van der Waals surface area contributed by atoms with Crippen molar-refractivity contribution in [3.05, 3.63) is 0 Å². The van der Waals surface area contributed by atoms with Gasteiger partial charge in [-0.25, -0.2) is 0 Å². The number of nitrogens with two attached hydrogens (primary N) is 1. The molecule has 0 radical (unpaired) electrons. The molecule has 0 aromatic heterocycles. The van der Waals surface area contributed by atoms with Crippen molar-refractivity contribution in [2.75, 3.05) is 0 Å². The summed E-state index contributed by atoms with van der Waals surface area (Å²) < 4.78 is 29.5. The summed E-state index contributed by atoms with van der Waals surface area (Å²) in [6, 6.07) is 0. The molecule has 0 saturated heterocycles. The third-order valence-corrected chi connectivity index (χ3v) is 2.32. The molecule has 5 nitrogen and oxygen atoms in total. The summed E-state index contributed by atoms with van der Waals surface area (Å²) in [6.45, 7) is 1.59. The summed E-state index contributed by atoms with van der Waals surface area (Å²) in [5, 5.41) is 1.000. The van der Waals surface area contributed by atoms with E-state index in [2.05, 4.69) is 17.5 Å². The Morgan fingerprint density at radius 3 is 2.33 bits per heavy atom. The van der Waals surface area contributed by atoms with Gasteiger partial charge in [-0.05, 0) is 18.6 Å². The minimum absolute atomic E-state index is 0. The van der Waals surface area contributed by atoms with Gasteiger partial charge in [0, 0.05) is 0 Å². The van der Waals surface area contributed by atoms with E-state index in [1.807, 2.05) is 0 Å².